The summed E-state index contributed by atoms with van der Waals surface area (Å²) in [5, 5.41) is 0. The minimum atomic E-state index is -0.0489. The SMILES string of the molecule is Brc1ccccc1-c1ccc2c(n1)[C@]1(CCc3ccc(-c4ccccc4)nc31)CC2. The molecule has 2 aliphatic rings. The third-order valence-electron chi connectivity index (χ3n) is 6.73. The van der Waals surface area contributed by atoms with Gasteiger partial charge in [0.15, 0.2) is 0 Å². The van der Waals surface area contributed by atoms with Crippen LogP contribution in [0.5, 0.6) is 0 Å². The van der Waals surface area contributed by atoms with Gasteiger partial charge in [-0.2, -0.15) is 0 Å². The van der Waals surface area contributed by atoms with Gasteiger partial charge in [0, 0.05) is 15.6 Å². The Kier molecular flexibility index (Phi) is 4.14. The number of hydrogen-bond donors (Lipinski definition) is 0. The highest BCUT2D eigenvalue weighted by Crippen LogP contribution is 2.51. The maximum Gasteiger partial charge on any atom is 0.0717 e. The Morgan fingerprint density at radius 1 is 0.633 bits per heavy atom. The molecule has 2 heterocycles. The van der Waals surface area contributed by atoms with Crippen LogP contribution in [0.4, 0.5) is 0 Å². The summed E-state index contributed by atoms with van der Waals surface area (Å²) in [5.74, 6) is 0. The number of aromatic nitrogens is 2. The molecule has 0 radical (unpaired) electrons. The largest absolute Gasteiger partial charge is 0.252 e. The predicted octanol–water partition coefficient (Wildman–Crippen LogP) is 6.75. The van der Waals surface area contributed by atoms with E-state index in [0.717, 1.165) is 47.1 Å². The molecule has 0 fully saturated rings. The summed E-state index contributed by atoms with van der Waals surface area (Å²) in [6, 6.07) is 27.7. The average Bonchev–Trinajstić information content (AvgIpc) is 3.36. The summed E-state index contributed by atoms with van der Waals surface area (Å²) in [7, 11) is 0. The topological polar surface area (TPSA) is 25.8 Å². The van der Waals surface area contributed by atoms with Crippen LogP contribution >= 0.6 is 15.9 Å². The maximum absolute atomic E-state index is 5.25. The molecule has 2 nitrogen and oxygen atoms in total. The van der Waals surface area contributed by atoms with E-state index >= 15 is 0 Å². The summed E-state index contributed by atoms with van der Waals surface area (Å²) < 4.78 is 1.08. The first-order chi connectivity index (χ1) is 14.7. The molecule has 2 aliphatic carbocycles. The molecule has 30 heavy (non-hydrogen) atoms. The summed E-state index contributed by atoms with van der Waals surface area (Å²) in [5.41, 5.74) is 9.63. The highest BCUT2D eigenvalue weighted by Gasteiger charge is 2.47. The standard InChI is InChI=1S/C27H21BrN2/c28-22-9-5-4-8-21(22)24-13-11-20-15-17-27(26(20)30-24)16-14-19-10-12-23(29-25(19)27)18-6-2-1-3-7-18/h1-13H,14-17H2/t27-/m1/s1. The van der Waals surface area contributed by atoms with E-state index in [1.54, 1.807) is 0 Å². The van der Waals surface area contributed by atoms with Crippen LogP contribution in [0, 0.1) is 0 Å². The smallest absolute Gasteiger partial charge is 0.0717 e. The molecule has 6 rings (SSSR count). The van der Waals surface area contributed by atoms with Crippen LogP contribution in [0.1, 0.15) is 35.4 Å². The summed E-state index contributed by atoms with van der Waals surface area (Å²) >= 11 is 3.70. The van der Waals surface area contributed by atoms with Gasteiger partial charge in [-0.05, 0) is 55.0 Å². The van der Waals surface area contributed by atoms with Crippen molar-refractivity contribution < 1.29 is 0 Å². The number of benzene rings is 2. The van der Waals surface area contributed by atoms with Gasteiger partial charge in [0.25, 0.3) is 0 Å². The van der Waals surface area contributed by atoms with Gasteiger partial charge in [-0.15, -0.1) is 0 Å². The molecule has 0 aliphatic heterocycles. The van der Waals surface area contributed by atoms with Crippen LogP contribution in [-0.2, 0) is 18.3 Å². The average molecular weight is 453 g/mol. The first kappa shape index (κ1) is 18.0. The minimum Gasteiger partial charge on any atom is -0.252 e. The lowest BCUT2D eigenvalue weighted by Crippen LogP contribution is -2.24. The monoisotopic (exact) mass is 452 g/mol. The van der Waals surface area contributed by atoms with Gasteiger partial charge in [-0.25, -0.2) is 0 Å². The Bertz CT molecular complexity index is 1260. The van der Waals surface area contributed by atoms with Crippen molar-refractivity contribution in [2.45, 2.75) is 31.1 Å². The van der Waals surface area contributed by atoms with E-state index in [4.69, 9.17) is 9.97 Å². The van der Waals surface area contributed by atoms with Gasteiger partial charge in [-0.3, -0.25) is 9.97 Å². The molecule has 0 N–H and O–H groups in total. The number of aryl methyl sites for hydroxylation is 2. The van der Waals surface area contributed by atoms with Crippen molar-refractivity contribution >= 4 is 15.9 Å². The van der Waals surface area contributed by atoms with E-state index < -0.39 is 0 Å². The number of hydrogen-bond acceptors (Lipinski definition) is 2. The normalized spacial score (nSPS) is 19.1. The molecule has 2 aromatic heterocycles. The summed E-state index contributed by atoms with van der Waals surface area (Å²) in [6.07, 6.45) is 4.37. The first-order valence-corrected chi connectivity index (χ1v) is 11.4. The Hall–Kier alpha value is -2.78. The molecule has 146 valence electrons. The molecule has 1 atom stereocenters. The van der Waals surface area contributed by atoms with Crippen molar-refractivity contribution in [1.82, 2.24) is 9.97 Å². The molecule has 0 unspecified atom stereocenters. The Labute approximate surface area is 185 Å². The fourth-order valence-corrected chi connectivity index (χ4v) is 5.69. The summed E-state index contributed by atoms with van der Waals surface area (Å²) in [4.78, 5) is 10.5. The Morgan fingerprint density at radius 2 is 1.23 bits per heavy atom. The Morgan fingerprint density at radius 3 is 1.93 bits per heavy atom. The van der Waals surface area contributed by atoms with Crippen LogP contribution < -0.4 is 0 Å². The zero-order chi connectivity index (χ0) is 20.1. The second-order valence-electron chi connectivity index (χ2n) is 8.34. The predicted molar refractivity (Wildman–Crippen MR) is 124 cm³/mol. The third kappa shape index (κ3) is 2.69. The highest BCUT2D eigenvalue weighted by molar-refractivity contribution is 9.10. The van der Waals surface area contributed by atoms with Gasteiger partial charge in [0.05, 0.1) is 28.2 Å². The molecule has 0 amide bonds. The third-order valence-corrected chi connectivity index (χ3v) is 7.42. The van der Waals surface area contributed by atoms with E-state index in [9.17, 15) is 0 Å². The molecular weight excluding hydrogens is 432 g/mol. The molecule has 0 bridgehead atoms. The van der Waals surface area contributed by atoms with Gasteiger partial charge < -0.3 is 0 Å². The van der Waals surface area contributed by atoms with E-state index in [1.165, 1.54) is 28.1 Å². The van der Waals surface area contributed by atoms with Crippen molar-refractivity contribution in [2.24, 2.45) is 0 Å². The Balaban J connectivity index is 1.50. The molecule has 0 saturated carbocycles. The van der Waals surface area contributed by atoms with Crippen molar-refractivity contribution in [3.63, 3.8) is 0 Å². The molecule has 2 aromatic carbocycles. The van der Waals surface area contributed by atoms with Gasteiger partial charge in [0.2, 0.25) is 0 Å². The van der Waals surface area contributed by atoms with Crippen molar-refractivity contribution in [3.05, 3.63) is 106 Å². The molecule has 0 saturated heterocycles. The summed E-state index contributed by atoms with van der Waals surface area (Å²) in [6.45, 7) is 0. The lowest BCUT2D eigenvalue weighted by molar-refractivity contribution is 0.485. The van der Waals surface area contributed by atoms with Gasteiger partial charge >= 0.3 is 0 Å². The molecule has 3 heteroatoms. The maximum atomic E-state index is 5.25. The number of pyridine rings is 2. The van der Waals surface area contributed by atoms with E-state index in [1.807, 2.05) is 6.07 Å². The van der Waals surface area contributed by atoms with Crippen LogP contribution in [-0.4, -0.2) is 9.97 Å². The van der Waals surface area contributed by atoms with E-state index in [-0.39, 0.29) is 5.41 Å². The minimum absolute atomic E-state index is 0.0489. The fourth-order valence-electron chi connectivity index (χ4n) is 5.20. The second-order valence-corrected chi connectivity index (χ2v) is 9.19. The van der Waals surface area contributed by atoms with E-state index in [0.29, 0.717) is 0 Å². The zero-order valence-electron chi connectivity index (χ0n) is 16.6. The first-order valence-electron chi connectivity index (χ1n) is 10.6. The quantitative estimate of drug-likeness (QED) is 0.336. The van der Waals surface area contributed by atoms with Gasteiger partial charge in [-0.1, -0.05) is 76.6 Å². The van der Waals surface area contributed by atoms with Crippen LogP contribution in [0.25, 0.3) is 22.5 Å². The van der Waals surface area contributed by atoms with Crippen LogP contribution in [0.3, 0.4) is 0 Å². The molecule has 1 spiro atoms. The number of halogens is 1. The van der Waals surface area contributed by atoms with Gasteiger partial charge in [0.1, 0.15) is 0 Å². The van der Waals surface area contributed by atoms with Crippen molar-refractivity contribution in [2.75, 3.05) is 0 Å². The lowest BCUT2D eigenvalue weighted by Gasteiger charge is -2.25. The van der Waals surface area contributed by atoms with Crippen LogP contribution in [0.15, 0.2) is 83.3 Å². The fraction of sp³-hybridized carbons (Fsp3) is 0.185. The number of nitrogens with zero attached hydrogens (tertiary/aromatic N) is 2. The number of rotatable bonds is 2. The molecule has 4 aromatic rings. The second kappa shape index (κ2) is 6.88. The molecular formula is C27H21BrN2. The number of fused-ring (bicyclic) bond motifs is 4. The van der Waals surface area contributed by atoms with E-state index in [2.05, 4.69) is 88.7 Å². The van der Waals surface area contributed by atoms with Crippen molar-refractivity contribution in [1.29, 1.82) is 0 Å². The van der Waals surface area contributed by atoms with Crippen molar-refractivity contribution in [3.8, 4) is 22.5 Å². The highest BCUT2D eigenvalue weighted by atomic mass is 79.9. The lowest BCUT2D eigenvalue weighted by atomic mass is 9.82. The zero-order valence-corrected chi connectivity index (χ0v) is 18.2. The van der Waals surface area contributed by atoms with Crippen LogP contribution in [0.2, 0.25) is 0 Å².